The van der Waals surface area contributed by atoms with Crippen LogP contribution in [0, 0.1) is 5.41 Å². The van der Waals surface area contributed by atoms with Gasteiger partial charge in [0.2, 0.25) is 5.91 Å². The van der Waals surface area contributed by atoms with Crippen LogP contribution in [0.3, 0.4) is 0 Å². The first-order chi connectivity index (χ1) is 11.2. The van der Waals surface area contributed by atoms with Crippen LogP contribution in [0.5, 0.6) is 0 Å². The molecule has 0 spiro atoms. The molecule has 1 aromatic rings. The number of rotatable bonds is 6. The molecular formula is C17H24N2O3S. The standard InChI is InChI=1S/C17H24N2O3S/c1-22-9-8-19-14-3-2-6-17(14,7-4-15(19)20)12-18-16(21)13-5-10-23-11-13/h5,10-11,14H,2-4,6-9,12H2,1H3,(H,18,21). The molecule has 1 aliphatic carbocycles. The van der Waals surface area contributed by atoms with Crippen LogP contribution in [0.25, 0.3) is 0 Å². The quantitative estimate of drug-likeness (QED) is 0.867. The summed E-state index contributed by atoms with van der Waals surface area (Å²) >= 11 is 1.53. The van der Waals surface area contributed by atoms with Crippen molar-refractivity contribution in [1.82, 2.24) is 10.2 Å². The highest BCUT2D eigenvalue weighted by Gasteiger charge is 2.50. The van der Waals surface area contributed by atoms with E-state index in [1.807, 2.05) is 21.7 Å². The molecule has 3 rings (SSSR count). The van der Waals surface area contributed by atoms with Gasteiger partial charge in [-0.15, -0.1) is 0 Å². The largest absolute Gasteiger partial charge is 0.383 e. The molecule has 1 aliphatic heterocycles. The molecule has 1 N–H and O–H groups in total. The molecule has 2 unspecified atom stereocenters. The van der Waals surface area contributed by atoms with Gasteiger partial charge < -0.3 is 15.0 Å². The van der Waals surface area contributed by atoms with Crippen molar-refractivity contribution < 1.29 is 14.3 Å². The Morgan fingerprint density at radius 2 is 2.39 bits per heavy atom. The second-order valence-electron chi connectivity index (χ2n) is 6.55. The number of amides is 2. The molecule has 2 fully saturated rings. The van der Waals surface area contributed by atoms with Gasteiger partial charge >= 0.3 is 0 Å². The van der Waals surface area contributed by atoms with Gasteiger partial charge in [0, 0.05) is 49.0 Å². The first-order valence-corrected chi connectivity index (χ1v) is 9.19. The molecule has 5 nitrogen and oxygen atoms in total. The summed E-state index contributed by atoms with van der Waals surface area (Å²) in [6, 6.07) is 2.08. The van der Waals surface area contributed by atoms with Crippen molar-refractivity contribution in [2.24, 2.45) is 5.41 Å². The van der Waals surface area contributed by atoms with Gasteiger partial charge in [-0.05, 0) is 30.7 Å². The summed E-state index contributed by atoms with van der Waals surface area (Å²) in [4.78, 5) is 26.5. The predicted molar refractivity (Wildman–Crippen MR) is 89.5 cm³/mol. The lowest BCUT2D eigenvalue weighted by Gasteiger charge is -2.46. The zero-order valence-electron chi connectivity index (χ0n) is 13.5. The second kappa shape index (κ2) is 7.01. The van der Waals surface area contributed by atoms with E-state index in [2.05, 4.69) is 5.32 Å². The number of likely N-dealkylation sites (tertiary alicyclic amines) is 1. The lowest BCUT2D eigenvalue weighted by molar-refractivity contribution is -0.142. The molecule has 1 aromatic heterocycles. The third-order valence-electron chi connectivity index (χ3n) is 5.31. The fourth-order valence-corrected chi connectivity index (χ4v) is 4.72. The first kappa shape index (κ1) is 16.5. The molecule has 2 heterocycles. The summed E-state index contributed by atoms with van der Waals surface area (Å²) in [6.45, 7) is 1.88. The molecule has 2 amide bonds. The number of nitrogens with zero attached hydrogens (tertiary/aromatic N) is 1. The van der Waals surface area contributed by atoms with Crippen LogP contribution in [0.1, 0.15) is 42.5 Å². The maximum Gasteiger partial charge on any atom is 0.252 e. The van der Waals surface area contributed by atoms with Crippen molar-refractivity contribution in [2.45, 2.75) is 38.1 Å². The van der Waals surface area contributed by atoms with E-state index in [0.717, 1.165) is 31.2 Å². The van der Waals surface area contributed by atoms with Gasteiger partial charge in [0.25, 0.3) is 5.91 Å². The Bertz CT molecular complexity index is 560. The Hall–Kier alpha value is -1.40. The Kier molecular flexibility index (Phi) is 5.02. The second-order valence-corrected chi connectivity index (χ2v) is 7.33. The molecule has 1 saturated heterocycles. The highest BCUT2D eigenvalue weighted by atomic mass is 32.1. The van der Waals surface area contributed by atoms with E-state index in [9.17, 15) is 9.59 Å². The summed E-state index contributed by atoms with van der Waals surface area (Å²) in [5, 5.41) is 6.89. The summed E-state index contributed by atoms with van der Waals surface area (Å²) in [5.74, 6) is 0.223. The minimum atomic E-state index is -0.00776. The SMILES string of the molecule is COCCN1C(=O)CCC2(CNC(=O)c3ccsc3)CCCC12. The lowest BCUT2D eigenvalue weighted by atomic mass is 9.74. The van der Waals surface area contributed by atoms with Gasteiger partial charge in [-0.3, -0.25) is 9.59 Å². The van der Waals surface area contributed by atoms with Crippen molar-refractivity contribution in [1.29, 1.82) is 0 Å². The number of thiophene rings is 1. The van der Waals surface area contributed by atoms with E-state index in [0.29, 0.717) is 26.1 Å². The van der Waals surface area contributed by atoms with Crippen LogP contribution in [0.2, 0.25) is 0 Å². The minimum absolute atomic E-state index is 0.00776. The Morgan fingerprint density at radius 3 is 3.13 bits per heavy atom. The Morgan fingerprint density at radius 1 is 1.52 bits per heavy atom. The van der Waals surface area contributed by atoms with Crippen LogP contribution in [0.4, 0.5) is 0 Å². The monoisotopic (exact) mass is 336 g/mol. The van der Waals surface area contributed by atoms with Gasteiger partial charge in [-0.1, -0.05) is 6.42 Å². The van der Waals surface area contributed by atoms with Crippen LogP contribution >= 0.6 is 11.3 Å². The molecule has 2 atom stereocenters. The Balaban J connectivity index is 1.68. The minimum Gasteiger partial charge on any atom is -0.383 e. The zero-order chi connectivity index (χ0) is 16.3. The summed E-state index contributed by atoms with van der Waals surface area (Å²) in [6.07, 6.45) is 4.69. The number of fused-ring (bicyclic) bond motifs is 1. The molecule has 0 radical (unpaired) electrons. The average molecular weight is 336 g/mol. The number of hydrogen-bond acceptors (Lipinski definition) is 4. The maximum atomic E-state index is 12.3. The van der Waals surface area contributed by atoms with E-state index in [4.69, 9.17) is 4.74 Å². The van der Waals surface area contributed by atoms with Gasteiger partial charge in [0.05, 0.1) is 6.61 Å². The third-order valence-corrected chi connectivity index (χ3v) is 6.00. The van der Waals surface area contributed by atoms with Crippen LogP contribution in [-0.2, 0) is 9.53 Å². The molecule has 6 heteroatoms. The molecule has 0 aromatic carbocycles. The van der Waals surface area contributed by atoms with Crippen LogP contribution in [0.15, 0.2) is 16.8 Å². The fraction of sp³-hybridized carbons (Fsp3) is 0.647. The highest BCUT2D eigenvalue weighted by molar-refractivity contribution is 7.08. The van der Waals surface area contributed by atoms with Crippen molar-refractivity contribution in [3.63, 3.8) is 0 Å². The Labute approximate surface area is 141 Å². The molecular weight excluding hydrogens is 312 g/mol. The van der Waals surface area contributed by atoms with Gasteiger partial charge in [0.15, 0.2) is 0 Å². The molecule has 126 valence electrons. The van der Waals surface area contributed by atoms with Gasteiger partial charge in [-0.2, -0.15) is 11.3 Å². The number of methoxy groups -OCH3 is 1. The third kappa shape index (κ3) is 3.28. The average Bonchev–Trinajstić information content (AvgIpc) is 3.22. The number of carbonyl (C=O) groups is 2. The topological polar surface area (TPSA) is 58.6 Å². The van der Waals surface area contributed by atoms with Crippen molar-refractivity contribution >= 4 is 23.2 Å². The number of ether oxygens (including phenoxy) is 1. The van der Waals surface area contributed by atoms with Crippen LogP contribution < -0.4 is 5.32 Å². The number of carbonyl (C=O) groups excluding carboxylic acids is 2. The van der Waals surface area contributed by atoms with Gasteiger partial charge in [0.1, 0.15) is 0 Å². The van der Waals surface area contributed by atoms with E-state index in [1.54, 1.807) is 7.11 Å². The van der Waals surface area contributed by atoms with Gasteiger partial charge in [-0.25, -0.2) is 0 Å². The zero-order valence-corrected chi connectivity index (χ0v) is 14.4. The van der Waals surface area contributed by atoms with Crippen LogP contribution in [-0.4, -0.2) is 49.6 Å². The summed E-state index contributed by atoms with van der Waals surface area (Å²) in [5.41, 5.74) is 0.761. The molecule has 0 bridgehead atoms. The molecule has 23 heavy (non-hydrogen) atoms. The van der Waals surface area contributed by atoms with Crippen molar-refractivity contribution in [2.75, 3.05) is 26.8 Å². The van der Waals surface area contributed by atoms with Crippen molar-refractivity contribution in [3.8, 4) is 0 Å². The van der Waals surface area contributed by atoms with E-state index in [-0.39, 0.29) is 23.3 Å². The fourth-order valence-electron chi connectivity index (χ4n) is 4.09. The van der Waals surface area contributed by atoms with E-state index >= 15 is 0 Å². The maximum absolute atomic E-state index is 12.3. The summed E-state index contributed by atoms with van der Waals surface area (Å²) in [7, 11) is 1.66. The van der Waals surface area contributed by atoms with E-state index < -0.39 is 0 Å². The number of nitrogens with one attached hydrogen (secondary N) is 1. The smallest absolute Gasteiger partial charge is 0.252 e. The lowest BCUT2D eigenvalue weighted by Crippen LogP contribution is -2.56. The summed E-state index contributed by atoms with van der Waals surface area (Å²) < 4.78 is 5.16. The predicted octanol–water partition coefficient (Wildman–Crippen LogP) is 2.29. The number of piperidine rings is 1. The van der Waals surface area contributed by atoms with Crippen molar-refractivity contribution in [3.05, 3.63) is 22.4 Å². The molecule has 2 aliphatic rings. The normalized spacial score (nSPS) is 27.1. The highest BCUT2D eigenvalue weighted by Crippen LogP contribution is 2.47. The molecule has 1 saturated carbocycles. The van der Waals surface area contributed by atoms with E-state index in [1.165, 1.54) is 11.3 Å². The number of hydrogen-bond donors (Lipinski definition) is 1. The first-order valence-electron chi connectivity index (χ1n) is 8.25.